The van der Waals surface area contributed by atoms with Crippen molar-refractivity contribution >= 4 is 38.2 Å². The summed E-state index contributed by atoms with van der Waals surface area (Å²) in [5.41, 5.74) is 3.16. The van der Waals surface area contributed by atoms with Gasteiger partial charge in [0.25, 0.3) is 5.91 Å². The number of aryl methyl sites for hydroxylation is 1. The van der Waals surface area contributed by atoms with Gasteiger partial charge in [0, 0.05) is 37.3 Å². The highest BCUT2D eigenvalue weighted by atomic mass is 32.2. The smallest absolute Gasteiger partial charge is 0.256 e. The van der Waals surface area contributed by atoms with Crippen LogP contribution < -0.4 is 10.2 Å². The first-order valence-corrected chi connectivity index (χ1v) is 13.1. The van der Waals surface area contributed by atoms with Gasteiger partial charge in [-0.1, -0.05) is 18.2 Å². The molecule has 10 heteroatoms. The summed E-state index contributed by atoms with van der Waals surface area (Å²) in [6.45, 7) is 5.61. The Balaban J connectivity index is 1.54. The summed E-state index contributed by atoms with van der Waals surface area (Å²) in [6, 6.07) is 14.2. The van der Waals surface area contributed by atoms with Crippen LogP contribution in [0.25, 0.3) is 10.9 Å². The van der Waals surface area contributed by atoms with E-state index in [-0.39, 0.29) is 10.8 Å². The van der Waals surface area contributed by atoms with Crippen molar-refractivity contribution in [3.05, 3.63) is 59.8 Å². The Morgan fingerprint density at radius 1 is 0.943 bits per heavy atom. The lowest BCUT2D eigenvalue weighted by Crippen LogP contribution is -2.40. The Morgan fingerprint density at radius 2 is 1.63 bits per heavy atom. The predicted molar refractivity (Wildman–Crippen MR) is 133 cm³/mol. The maximum atomic E-state index is 13.5. The molecule has 3 heterocycles. The molecule has 0 saturated carbocycles. The second-order valence-corrected chi connectivity index (χ2v) is 10.5. The number of ether oxygens (including phenoxy) is 2. The zero-order valence-corrected chi connectivity index (χ0v) is 20.4. The van der Waals surface area contributed by atoms with Crippen LogP contribution in [0.3, 0.4) is 0 Å². The van der Waals surface area contributed by atoms with Crippen molar-refractivity contribution in [2.45, 2.75) is 11.8 Å². The van der Waals surface area contributed by atoms with E-state index in [2.05, 4.69) is 15.2 Å². The summed E-state index contributed by atoms with van der Waals surface area (Å²) < 4.78 is 38.9. The summed E-state index contributed by atoms with van der Waals surface area (Å²) >= 11 is 0. The van der Waals surface area contributed by atoms with Crippen LogP contribution in [0, 0.1) is 6.92 Å². The first-order chi connectivity index (χ1) is 16.9. The van der Waals surface area contributed by atoms with Gasteiger partial charge in [-0.15, -0.1) is 0 Å². The number of fused-ring (bicyclic) bond motifs is 1. The molecule has 2 aromatic carbocycles. The minimum atomic E-state index is -3.73. The first-order valence-electron chi connectivity index (χ1n) is 11.7. The number of rotatable bonds is 5. The number of amides is 1. The number of para-hydroxylation sites is 1. The van der Waals surface area contributed by atoms with Crippen molar-refractivity contribution < 1.29 is 22.7 Å². The molecule has 3 aromatic rings. The van der Waals surface area contributed by atoms with Crippen LogP contribution in [0.1, 0.15) is 16.1 Å². The standard InChI is InChI=1S/C25H28N4O5S/c1-18-16-21(20-4-2-3-5-22(20)26-18)25(30)27-23-17-19(35(31,32)29-10-14-34-15-11-29)6-7-24(23)28-8-12-33-13-9-28/h2-7,16-17H,8-15H2,1H3,(H,27,30). The van der Waals surface area contributed by atoms with E-state index in [1.807, 2.05) is 31.2 Å². The van der Waals surface area contributed by atoms with E-state index >= 15 is 0 Å². The molecule has 2 saturated heterocycles. The van der Waals surface area contributed by atoms with Gasteiger partial charge in [0.1, 0.15) is 0 Å². The molecule has 2 aliphatic rings. The first kappa shape index (κ1) is 23.7. The molecule has 2 fully saturated rings. The number of hydrogen-bond donors (Lipinski definition) is 1. The van der Waals surface area contributed by atoms with Crippen LogP contribution in [-0.2, 0) is 19.5 Å². The quantitative estimate of drug-likeness (QED) is 0.580. The van der Waals surface area contributed by atoms with Crippen molar-refractivity contribution in [3.63, 3.8) is 0 Å². The minimum Gasteiger partial charge on any atom is -0.379 e. The number of carbonyl (C=O) groups is 1. The lowest BCUT2D eigenvalue weighted by Gasteiger charge is -2.31. The highest BCUT2D eigenvalue weighted by Gasteiger charge is 2.28. The minimum absolute atomic E-state index is 0.141. The molecule has 9 nitrogen and oxygen atoms in total. The number of nitrogens with zero attached hydrogens (tertiary/aromatic N) is 3. The van der Waals surface area contributed by atoms with Crippen LogP contribution in [-0.4, -0.2) is 76.2 Å². The van der Waals surface area contributed by atoms with Crippen molar-refractivity contribution in [1.29, 1.82) is 0 Å². The number of benzene rings is 2. The lowest BCUT2D eigenvalue weighted by atomic mass is 10.1. The number of pyridine rings is 1. The Kier molecular flexibility index (Phi) is 6.70. The largest absolute Gasteiger partial charge is 0.379 e. The lowest BCUT2D eigenvalue weighted by molar-refractivity contribution is 0.0730. The molecule has 0 bridgehead atoms. The van der Waals surface area contributed by atoms with Gasteiger partial charge in [-0.05, 0) is 37.3 Å². The van der Waals surface area contributed by atoms with Gasteiger partial charge in [-0.2, -0.15) is 4.31 Å². The molecular weight excluding hydrogens is 468 g/mol. The zero-order valence-electron chi connectivity index (χ0n) is 19.6. The highest BCUT2D eigenvalue weighted by Crippen LogP contribution is 2.32. The van der Waals surface area contributed by atoms with Crippen molar-refractivity contribution in [2.24, 2.45) is 0 Å². The number of carbonyl (C=O) groups excluding carboxylic acids is 1. The molecule has 2 aliphatic heterocycles. The van der Waals surface area contributed by atoms with Gasteiger partial charge in [-0.25, -0.2) is 8.42 Å². The van der Waals surface area contributed by atoms with Gasteiger partial charge in [0.15, 0.2) is 0 Å². The average molecular weight is 497 g/mol. The predicted octanol–water partition coefficient (Wildman–Crippen LogP) is 2.65. The summed E-state index contributed by atoms with van der Waals surface area (Å²) in [6.07, 6.45) is 0. The molecule has 0 unspecified atom stereocenters. The summed E-state index contributed by atoms with van der Waals surface area (Å²) in [5.74, 6) is -0.317. The Morgan fingerprint density at radius 3 is 2.37 bits per heavy atom. The van der Waals surface area contributed by atoms with Crippen molar-refractivity contribution in [3.8, 4) is 0 Å². The molecular formula is C25H28N4O5S. The van der Waals surface area contributed by atoms with Crippen molar-refractivity contribution in [2.75, 3.05) is 62.8 Å². The van der Waals surface area contributed by atoms with Crippen LogP contribution >= 0.6 is 0 Å². The SMILES string of the molecule is Cc1cc(C(=O)Nc2cc(S(=O)(=O)N3CCOCC3)ccc2N2CCOCC2)c2ccccc2n1. The fraction of sp³-hybridized carbons (Fsp3) is 0.360. The second kappa shape index (κ2) is 9.90. The normalized spacial score (nSPS) is 17.5. The van der Waals surface area contributed by atoms with Crippen LogP contribution in [0.2, 0.25) is 0 Å². The van der Waals surface area contributed by atoms with E-state index in [0.29, 0.717) is 63.9 Å². The van der Waals surface area contributed by atoms with Crippen LogP contribution in [0.5, 0.6) is 0 Å². The third-order valence-corrected chi connectivity index (χ3v) is 8.16. The van der Waals surface area contributed by atoms with E-state index in [9.17, 15) is 13.2 Å². The van der Waals surface area contributed by atoms with Crippen LogP contribution in [0.4, 0.5) is 11.4 Å². The molecule has 1 amide bonds. The number of nitrogens with one attached hydrogen (secondary N) is 1. The van der Waals surface area contributed by atoms with Crippen molar-refractivity contribution in [1.82, 2.24) is 9.29 Å². The third kappa shape index (κ3) is 4.87. The van der Waals surface area contributed by atoms with Gasteiger partial charge >= 0.3 is 0 Å². The number of hydrogen-bond acceptors (Lipinski definition) is 7. The third-order valence-electron chi connectivity index (χ3n) is 6.26. The van der Waals surface area contributed by atoms with E-state index in [0.717, 1.165) is 22.3 Å². The maximum Gasteiger partial charge on any atom is 0.256 e. The van der Waals surface area contributed by atoms with Gasteiger partial charge in [0.05, 0.1) is 53.8 Å². The van der Waals surface area contributed by atoms with Gasteiger partial charge in [0.2, 0.25) is 10.0 Å². The maximum absolute atomic E-state index is 13.5. The van der Waals surface area contributed by atoms with Gasteiger partial charge in [-0.3, -0.25) is 9.78 Å². The number of anilines is 2. The van der Waals surface area contributed by atoms with Gasteiger partial charge < -0.3 is 19.7 Å². The molecule has 0 radical (unpaired) electrons. The molecule has 184 valence electrons. The fourth-order valence-corrected chi connectivity index (χ4v) is 5.91. The number of morpholine rings is 2. The second-order valence-electron chi connectivity index (χ2n) is 8.58. The Labute approximate surface area is 204 Å². The molecule has 1 N–H and O–H groups in total. The monoisotopic (exact) mass is 496 g/mol. The Bertz CT molecular complexity index is 1350. The summed E-state index contributed by atoms with van der Waals surface area (Å²) in [5, 5.41) is 3.74. The average Bonchev–Trinajstić information content (AvgIpc) is 2.89. The topological polar surface area (TPSA) is 101 Å². The molecule has 5 rings (SSSR count). The molecule has 0 aliphatic carbocycles. The summed E-state index contributed by atoms with van der Waals surface area (Å²) in [7, 11) is -3.73. The summed E-state index contributed by atoms with van der Waals surface area (Å²) in [4.78, 5) is 20.3. The molecule has 35 heavy (non-hydrogen) atoms. The Hall–Kier alpha value is -3.05. The van der Waals surface area contributed by atoms with E-state index in [1.165, 1.54) is 4.31 Å². The number of sulfonamides is 1. The van der Waals surface area contributed by atoms with E-state index in [4.69, 9.17) is 9.47 Å². The fourth-order valence-electron chi connectivity index (χ4n) is 4.48. The molecule has 0 spiro atoms. The number of aromatic nitrogens is 1. The molecule has 0 atom stereocenters. The highest BCUT2D eigenvalue weighted by molar-refractivity contribution is 7.89. The zero-order chi connectivity index (χ0) is 24.4. The van der Waals surface area contributed by atoms with E-state index < -0.39 is 10.0 Å². The molecule has 1 aromatic heterocycles. The van der Waals surface area contributed by atoms with E-state index in [1.54, 1.807) is 24.3 Å². The van der Waals surface area contributed by atoms with Crippen LogP contribution in [0.15, 0.2) is 53.4 Å².